The lowest BCUT2D eigenvalue weighted by molar-refractivity contribution is 0.0955. The Balaban J connectivity index is 2.15. The van der Waals surface area contributed by atoms with Crippen molar-refractivity contribution in [3.05, 3.63) is 0 Å². The molecule has 1 saturated heterocycles. The molecule has 4 heteroatoms. The molecule has 2 unspecified atom stereocenters. The Bertz CT molecular complexity index is 157. The molecule has 0 aromatic heterocycles. The maximum Gasteiger partial charge on any atom is 0.0594 e. The van der Waals surface area contributed by atoms with E-state index in [1.165, 1.54) is 12.3 Å². The second-order valence-corrected chi connectivity index (χ2v) is 5.24. The molecule has 0 amide bonds. The highest BCUT2D eigenvalue weighted by atomic mass is 32.2. The third-order valence-electron chi connectivity index (χ3n) is 2.80. The first kappa shape index (κ1) is 12.3. The van der Waals surface area contributed by atoms with Gasteiger partial charge in [0.25, 0.3) is 0 Å². The van der Waals surface area contributed by atoms with Crippen LogP contribution in [-0.4, -0.2) is 54.8 Å². The average Bonchev–Trinajstić information content (AvgIpc) is 2.19. The van der Waals surface area contributed by atoms with E-state index in [0.717, 1.165) is 18.4 Å². The van der Waals surface area contributed by atoms with Gasteiger partial charge in [-0.05, 0) is 6.92 Å². The van der Waals surface area contributed by atoms with Crippen molar-refractivity contribution in [1.29, 1.82) is 0 Å². The molecule has 1 aliphatic rings. The third kappa shape index (κ3) is 3.77. The van der Waals surface area contributed by atoms with Gasteiger partial charge in [0.15, 0.2) is 0 Å². The van der Waals surface area contributed by atoms with Crippen LogP contribution < -0.4 is 5.73 Å². The Morgan fingerprint density at radius 2 is 2.21 bits per heavy atom. The molecule has 1 rings (SSSR count). The smallest absolute Gasteiger partial charge is 0.0594 e. The minimum atomic E-state index is 0.627. The molecular weight excluding hydrogens is 196 g/mol. The van der Waals surface area contributed by atoms with Gasteiger partial charge in [-0.2, -0.15) is 11.8 Å². The zero-order valence-electron chi connectivity index (χ0n) is 9.24. The van der Waals surface area contributed by atoms with Crippen molar-refractivity contribution in [3.8, 4) is 0 Å². The zero-order valence-corrected chi connectivity index (χ0v) is 10.1. The molecule has 0 aliphatic carbocycles. The van der Waals surface area contributed by atoms with E-state index >= 15 is 0 Å². The van der Waals surface area contributed by atoms with Crippen molar-refractivity contribution in [2.24, 2.45) is 5.73 Å². The van der Waals surface area contributed by atoms with Crippen LogP contribution in [0.1, 0.15) is 13.8 Å². The van der Waals surface area contributed by atoms with Crippen LogP contribution in [-0.2, 0) is 4.74 Å². The van der Waals surface area contributed by atoms with Gasteiger partial charge >= 0.3 is 0 Å². The Hall–Kier alpha value is 0.230. The third-order valence-corrected chi connectivity index (χ3v) is 4.14. The molecule has 0 aromatic rings. The van der Waals surface area contributed by atoms with Crippen LogP contribution in [0.15, 0.2) is 0 Å². The van der Waals surface area contributed by atoms with Gasteiger partial charge in [-0.15, -0.1) is 0 Å². The van der Waals surface area contributed by atoms with Crippen molar-refractivity contribution in [3.63, 3.8) is 0 Å². The summed E-state index contributed by atoms with van der Waals surface area (Å²) in [6.45, 7) is 8.99. The lowest BCUT2D eigenvalue weighted by atomic mass is 10.2. The van der Waals surface area contributed by atoms with Crippen LogP contribution in [0, 0.1) is 0 Å². The highest BCUT2D eigenvalue weighted by molar-refractivity contribution is 8.00. The normalized spacial score (nSPS) is 29.4. The summed E-state index contributed by atoms with van der Waals surface area (Å²) in [7, 11) is 0. The Morgan fingerprint density at radius 3 is 2.93 bits per heavy atom. The summed E-state index contributed by atoms with van der Waals surface area (Å²) in [4.78, 5) is 2.51. The van der Waals surface area contributed by atoms with Crippen molar-refractivity contribution >= 4 is 11.8 Å². The fraction of sp³-hybridized carbons (Fsp3) is 1.00. The van der Waals surface area contributed by atoms with Crippen LogP contribution in [0.3, 0.4) is 0 Å². The van der Waals surface area contributed by atoms with E-state index < -0.39 is 0 Å². The number of hydrogen-bond acceptors (Lipinski definition) is 4. The van der Waals surface area contributed by atoms with Crippen molar-refractivity contribution < 1.29 is 4.74 Å². The molecule has 1 aliphatic heterocycles. The highest BCUT2D eigenvalue weighted by Crippen LogP contribution is 2.23. The maximum atomic E-state index is 5.40. The lowest BCUT2D eigenvalue weighted by Crippen LogP contribution is -2.46. The van der Waals surface area contributed by atoms with E-state index in [9.17, 15) is 0 Å². The van der Waals surface area contributed by atoms with E-state index in [1.807, 2.05) is 0 Å². The molecule has 1 fully saturated rings. The molecule has 2 N–H and O–H groups in total. The van der Waals surface area contributed by atoms with Gasteiger partial charge in [-0.25, -0.2) is 0 Å². The number of nitrogens with zero attached hydrogens (tertiary/aromatic N) is 1. The van der Waals surface area contributed by atoms with E-state index in [4.69, 9.17) is 10.5 Å². The summed E-state index contributed by atoms with van der Waals surface area (Å²) in [6.07, 6.45) is 0. The van der Waals surface area contributed by atoms with Gasteiger partial charge in [-0.1, -0.05) is 6.92 Å². The molecule has 3 nitrogen and oxygen atoms in total. The van der Waals surface area contributed by atoms with Gasteiger partial charge in [0, 0.05) is 36.7 Å². The Kier molecular flexibility index (Phi) is 5.86. The summed E-state index contributed by atoms with van der Waals surface area (Å²) in [6, 6.07) is 0.676. The largest absolute Gasteiger partial charge is 0.379 e. The van der Waals surface area contributed by atoms with E-state index in [-0.39, 0.29) is 0 Å². The van der Waals surface area contributed by atoms with Gasteiger partial charge in [0.05, 0.1) is 13.2 Å². The topological polar surface area (TPSA) is 38.5 Å². The molecule has 84 valence electrons. The highest BCUT2D eigenvalue weighted by Gasteiger charge is 2.24. The molecule has 14 heavy (non-hydrogen) atoms. The first-order chi connectivity index (χ1) is 6.75. The van der Waals surface area contributed by atoms with E-state index in [1.54, 1.807) is 0 Å². The molecule has 0 bridgehead atoms. The minimum absolute atomic E-state index is 0.627. The van der Waals surface area contributed by atoms with Crippen LogP contribution in [0.5, 0.6) is 0 Å². The predicted octanol–water partition coefficient (Wildman–Crippen LogP) is 0.788. The summed E-state index contributed by atoms with van der Waals surface area (Å²) in [5, 5.41) is 0.748. The SMILES string of the molecule is CC1SCCN(CCOCCN)C1C. The monoisotopic (exact) mass is 218 g/mol. The molecule has 2 atom stereocenters. The second-order valence-electron chi connectivity index (χ2n) is 3.75. The number of rotatable bonds is 5. The zero-order chi connectivity index (χ0) is 10.4. The molecule has 0 saturated carbocycles. The van der Waals surface area contributed by atoms with Crippen molar-refractivity contribution in [2.75, 3.05) is 38.6 Å². The van der Waals surface area contributed by atoms with Crippen LogP contribution in [0.4, 0.5) is 0 Å². The first-order valence-electron chi connectivity index (χ1n) is 5.39. The lowest BCUT2D eigenvalue weighted by Gasteiger charge is -2.37. The molecule has 0 spiro atoms. The van der Waals surface area contributed by atoms with Crippen LogP contribution in [0.25, 0.3) is 0 Å². The number of nitrogens with two attached hydrogens (primary N) is 1. The molecule has 1 heterocycles. The second kappa shape index (κ2) is 6.67. The van der Waals surface area contributed by atoms with Gasteiger partial charge in [0.2, 0.25) is 0 Å². The summed E-state index contributed by atoms with van der Waals surface area (Å²) >= 11 is 2.07. The fourth-order valence-corrected chi connectivity index (χ4v) is 2.84. The van der Waals surface area contributed by atoms with Gasteiger partial charge in [-0.3, -0.25) is 4.90 Å². The standard InChI is InChI=1S/C10H22N2OS/c1-9-10(2)14-8-5-12(9)4-7-13-6-3-11/h9-10H,3-8,11H2,1-2H3. The van der Waals surface area contributed by atoms with E-state index in [0.29, 0.717) is 19.2 Å². The maximum absolute atomic E-state index is 5.40. The average molecular weight is 218 g/mol. The summed E-state index contributed by atoms with van der Waals surface area (Å²) < 4.78 is 5.40. The van der Waals surface area contributed by atoms with Crippen molar-refractivity contribution in [2.45, 2.75) is 25.1 Å². The molecule has 0 radical (unpaired) electrons. The summed E-state index contributed by atoms with van der Waals surface area (Å²) in [5.74, 6) is 1.25. The number of hydrogen-bond donors (Lipinski definition) is 1. The van der Waals surface area contributed by atoms with Gasteiger partial charge in [0.1, 0.15) is 0 Å². The van der Waals surface area contributed by atoms with Crippen LogP contribution >= 0.6 is 11.8 Å². The van der Waals surface area contributed by atoms with Crippen LogP contribution in [0.2, 0.25) is 0 Å². The van der Waals surface area contributed by atoms with E-state index in [2.05, 4.69) is 30.5 Å². The molecular formula is C10H22N2OS. The Morgan fingerprint density at radius 1 is 1.43 bits per heavy atom. The minimum Gasteiger partial charge on any atom is -0.379 e. The fourth-order valence-electron chi connectivity index (χ4n) is 1.68. The van der Waals surface area contributed by atoms with Crippen molar-refractivity contribution in [1.82, 2.24) is 4.90 Å². The summed E-state index contributed by atoms with van der Waals surface area (Å²) in [5.41, 5.74) is 5.36. The van der Waals surface area contributed by atoms with Gasteiger partial charge < -0.3 is 10.5 Å². The predicted molar refractivity (Wildman–Crippen MR) is 62.8 cm³/mol. The first-order valence-corrected chi connectivity index (χ1v) is 6.44. The Labute approximate surface area is 91.4 Å². The number of ether oxygens (including phenoxy) is 1. The molecule has 0 aromatic carbocycles. The quantitative estimate of drug-likeness (QED) is 0.692. The number of thioether (sulfide) groups is 1.